The Morgan fingerprint density at radius 1 is 1.20 bits per heavy atom. The molecule has 3 aromatic rings. The van der Waals surface area contributed by atoms with E-state index in [-0.39, 0.29) is 11.8 Å². The standard InChI is InChI=1S/C23H26N4O3/c1-3-14-30-23-25-21(16-10-12-20(29-2)13-11-16)27(26-23)19-9-5-8-18(15-19)24-22(28)17-6-4-7-17/h5,8-13,15,17H,3-4,6-7,14H2,1-2H3,(H,24,28). The van der Waals surface area contributed by atoms with E-state index in [9.17, 15) is 4.79 Å². The first-order valence-electron chi connectivity index (χ1n) is 10.3. The summed E-state index contributed by atoms with van der Waals surface area (Å²) in [5.74, 6) is 1.64. The van der Waals surface area contributed by atoms with Gasteiger partial charge in [0.25, 0.3) is 0 Å². The molecule has 1 N–H and O–H groups in total. The molecule has 156 valence electrons. The number of aromatic nitrogens is 3. The third-order valence-corrected chi connectivity index (χ3v) is 5.21. The van der Waals surface area contributed by atoms with Gasteiger partial charge in [0.05, 0.1) is 19.4 Å². The fraction of sp³-hybridized carbons (Fsp3) is 0.348. The number of ether oxygens (including phenoxy) is 2. The average Bonchev–Trinajstić information content (AvgIpc) is 3.15. The van der Waals surface area contributed by atoms with Crippen molar-refractivity contribution in [3.8, 4) is 28.8 Å². The first-order chi connectivity index (χ1) is 14.7. The molecular weight excluding hydrogens is 380 g/mol. The topological polar surface area (TPSA) is 78.3 Å². The Labute approximate surface area is 176 Å². The van der Waals surface area contributed by atoms with Crippen molar-refractivity contribution in [1.29, 1.82) is 0 Å². The van der Waals surface area contributed by atoms with Gasteiger partial charge in [-0.15, -0.1) is 5.10 Å². The number of amides is 1. The van der Waals surface area contributed by atoms with Crippen molar-refractivity contribution in [2.75, 3.05) is 19.0 Å². The predicted molar refractivity (Wildman–Crippen MR) is 115 cm³/mol. The van der Waals surface area contributed by atoms with Crippen LogP contribution >= 0.6 is 0 Å². The number of rotatable bonds is 8. The van der Waals surface area contributed by atoms with E-state index in [4.69, 9.17) is 9.47 Å². The van der Waals surface area contributed by atoms with E-state index in [0.29, 0.717) is 18.4 Å². The van der Waals surface area contributed by atoms with E-state index in [0.717, 1.165) is 48.4 Å². The van der Waals surface area contributed by atoms with Crippen LogP contribution in [0.1, 0.15) is 32.6 Å². The van der Waals surface area contributed by atoms with Crippen molar-refractivity contribution in [2.24, 2.45) is 5.92 Å². The molecule has 30 heavy (non-hydrogen) atoms. The molecule has 0 radical (unpaired) electrons. The number of carbonyl (C=O) groups is 1. The highest BCUT2D eigenvalue weighted by molar-refractivity contribution is 5.93. The second kappa shape index (κ2) is 8.98. The van der Waals surface area contributed by atoms with E-state index >= 15 is 0 Å². The van der Waals surface area contributed by atoms with Crippen LogP contribution in [-0.2, 0) is 4.79 Å². The average molecular weight is 406 g/mol. The molecule has 0 saturated heterocycles. The molecular formula is C23H26N4O3. The van der Waals surface area contributed by atoms with Crippen molar-refractivity contribution in [1.82, 2.24) is 14.8 Å². The van der Waals surface area contributed by atoms with E-state index in [1.165, 1.54) is 0 Å². The van der Waals surface area contributed by atoms with Crippen LogP contribution in [0.3, 0.4) is 0 Å². The van der Waals surface area contributed by atoms with Crippen molar-refractivity contribution in [3.63, 3.8) is 0 Å². The number of hydrogen-bond acceptors (Lipinski definition) is 5. The first-order valence-corrected chi connectivity index (χ1v) is 10.3. The Balaban J connectivity index is 1.66. The van der Waals surface area contributed by atoms with E-state index in [1.54, 1.807) is 11.8 Å². The van der Waals surface area contributed by atoms with Gasteiger partial charge in [0.1, 0.15) is 5.75 Å². The van der Waals surface area contributed by atoms with Crippen LogP contribution in [0.4, 0.5) is 5.69 Å². The number of benzene rings is 2. The number of hydrogen-bond donors (Lipinski definition) is 1. The van der Waals surface area contributed by atoms with Gasteiger partial charge < -0.3 is 14.8 Å². The normalized spacial score (nSPS) is 13.5. The summed E-state index contributed by atoms with van der Waals surface area (Å²) in [5.41, 5.74) is 2.43. The predicted octanol–water partition coefficient (Wildman–Crippen LogP) is 4.47. The summed E-state index contributed by atoms with van der Waals surface area (Å²) in [6, 6.07) is 15.6. The lowest BCUT2D eigenvalue weighted by Gasteiger charge is -2.24. The summed E-state index contributed by atoms with van der Waals surface area (Å²) in [6.07, 6.45) is 3.93. The van der Waals surface area contributed by atoms with Crippen LogP contribution in [0.5, 0.6) is 11.8 Å². The van der Waals surface area contributed by atoms with Crippen molar-refractivity contribution >= 4 is 11.6 Å². The highest BCUT2D eigenvalue weighted by Gasteiger charge is 2.25. The molecule has 1 heterocycles. The molecule has 1 aliphatic rings. The smallest absolute Gasteiger partial charge is 0.336 e. The highest BCUT2D eigenvalue weighted by atomic mass is 16.5. The van der Waals surface area contributed by atoms with E-state index in [2.05, 4.69) is 15.4 Å². The fourth-order valence-electron chi connectivity index (χ4n) is 3.28. The van der Waals surface area contributed by atoms with Gasteiger partial charge in [-0.25, -0.2) is 4.68 Å². The molecule has 0 bridgehead atoms. The zero-order valence-electron chi connectivity index (χ0n) is 17.3. The summed E-state index contributed by atoms with van der Waals surface area (Å²) in [6.45, 7) is 2.58. The van der Waals surface area contributed by atoms with E-state index < -0.39 is 0 Å². The Morgan fingerprint density at radius 2 is 2.00 bits per heavy atom. The molecule has 7 nitrogen and oxygen atoms in total. The quantitative estimate of drug-likeness (QED) is 0.597. The Hall–Kier alpha value is -3.35. The summed E-state index contributed by atoms with van der Waals surface area (Å²) < 4.78 is 12.7. The summed E-state index contributed by atoms with van der Waals surface area (Å²) in [5, 5.41) is 7.58. The zero-order chi connectivity index (χ0) is 20.9. The molecule has 0 spiro atoms. The fourth-order valence-corrected chi connectivity index (χ4v) is 3.28. The van der Waals surface area contributed by atoms with Gasteiger partial charge in [-0.3, -0.25) is 4.79 Å². The summed E-state index contributed by atoms with van der Waals surface area (Å²) >= 11 is 0. The van der Waals surface area contributed by atoms with Crippen LogP contribution < -0.4 is 14.8 Å². The molecule has 1 aromatic heterocycles. The lowest BCUT2D eigenvalue weighted by molar-refractivity contribution is -0.122. The summed E-state index contributed by atoms with van der Waals surface area (Å²) in [7, 11) is 1.64. The van der Waals surface area contributed by atoms with Gasteiger partial charge >= 0.3 is 6.01 Å². The lowest BCUT2D eigenvalue weighted by atomic mass is 9.85. The number of anilines is 1. The third-order valence-electron chi connectivity index (χ3n) is 5.21. The van der Waals surface area contributed by atoms with Gasteiger partial charge in [0.15, 0.2) is 5.82 Å². The van der Waals surface area contributed by atoms with E-state index in [1.807, 2.05) is 55.5 Å². The van der Waals surface area contributed by atoms with Crippen molar-refractivity contribution < 1.29 is 14.3 Å². The monoisotopic (exact) mass is 406 g/mol. The summed E-state index contributed by atoms with van der Waals surface area (Å²) in [4.78, 5) is 16.9. The van der Waals surface area contributed by atoms with Gasteiger partial charge in [-0.1, -0.05) is 19.4 Å². The highest BCUT2D eigenvalue weighted by Crippen LogP contribution is 2.29. The molecule has 2 aromatic carbocycles. The largest absolute Gasteiger partial charge is 0.497 e. The van der Waals surface area contributed by atoms with Crippen LogP contribution in [-0.4, -0.2) is 34.4 Å². The number of carbonyl (C=O) groups excluding carboxylic acids is 1. The molecule has 1 fully saturated rings. The minimum absolute atomic E-state index is 0.0827. The molecule has 1 amide bonds. The Bertz CT molecular complexity index is 1010. The van der Waals surface area contributed by atoms with Crippen LogP contribution in [0.25, 0.3) is 17.1 Å². The molecule has 7 heteroatoms. The van der Waals surface area contributed by atoms with Crippen molar-refractivity contribution in [3.05, 3.63) is 48.5 Å². The van der Waals surface area contributed by atoms with Gasteiger partial charge in [0, 0.05) is 17.2 Å². The SMILES string of the molecule is CCCOc1nc(-c2ccc(OC)cc2)n(-c2cccc(NC(=O)C3CCC3)c2)n1. The maximum Gasteiger partial charge on any atom is 0.336 e. The second-order valence-electron chi connectivity index (χ2n) is 7.37. The second-order valence-corrected chi connectivity index (χ2v) is 7.37. The van der Waals surface area contributed by atoms with Crippen LogP contribution in [0, 0.1) is 5.92 Å². The minimum atomic E-state index is 0.0827. The van der Waals surface area contributed by atoms with Gasteiger partial charge in [-0.2, -0.15) is 4.98 Å². The minimum Gasteiger partial charge on any atom is -0.497 e. The molecule has 1 saturated carbocycles. The maximum atomic E-state index is 12.3. The molecule has 1 aliphatic carbocycles. The van der Waals surface area contributed by atoms with Crippen LogP contribution in [0.15, 0.2) is 48.5 Å². The number of nitrogens with zero attached hydrogens (tertiary/aromatic N) is 3. The van der Waals surface area contributed by atoms with Gasteiger partial charge in [-0.05, 0) is 61.7 Å². The maximum absolute atomic E-state index is 12.3. The molecule has 0 aliphatic heterocycles. The van der Waals surface area contributed by atoms with Gasteiger partial charge in [0.2, 0.25) is 5.91 Å². The Kier molecular flexibility index (Phi) is 5.97. The molecule has 4 rings (SSSR count). The number of methoxy groups -OCH3 is 1. The lowest BCUT2D eigenvalue weighted by Crippen LogP contribution is -2.28. The van der Waals surface area contributed by atoms with Crippen LogP contribution in [0.2, 0.25) is 0 Å². The number of nitrogens with one attached hydrogen (secondary N) is 1. The first kappa shape index (κ1) is 19.9. The zero-order valence-corrected chi connectivity index (χ0v) is 17.3. The van der Waals surface area contributed by atoms with Crippen molar-refractivity contribution in [2.45, 2.75) is 32.6 Å². The Morgan fingerprint density at radius 3 is 2.67 bits per heavy atom. The molecule has 0 unspecified atom stereocenters. The third kappa shape index (κ3) is 4.30. The molecule has 0 atom stereocenters.